The minimum Gasteiger partial charge on any atom is -0.474 e. The summed E-state index contributed by atoms with van der Waals surface area (Å²) in [5.41, 5.74) is 2.69. The van der Waals surface area contributed by atoms with Gasteiger partial charge in [0.05, 0.1) is 0 Å². The maximum Gasteiger partial charge on any atom is 0.217 e. The maximum absolute atomic E-state index is 5.59. The molecule has 1 aliphatic rings. The maximum atomic E-state index is 5.59. The molecule has 0 N–H and O–H groups in total. The molecule has 0 aliphatic carbocycles. The van der Waals surface area contributed by atoms with E-state index in [1.165, 1.54) is 11.1 Å². The smallest absolute Gasteiger partial charge is 0.217 e. The lowest BCUT2D eigenvalue weighted by Gasteiger charge is -2.08. The Morgan fingerprint density at radius 3 is 3.00 bits per heavy atom. The highest BCUT2D eigenvalue weighted by Crippen LogP contribution is 2.32. The topological polar surface area (TPSA) is 22.1 Å². The van der Waals surface area contributed by atoms with Gasteiger partial charge in [0.25, 0.3) is 0 Å². The lowest BCUT2D eigenvalue weighted by Crippen LogP contribution is -2.05. The fourth-order valence-electron chi connectivity index (χ4n) is 1.85. The fourth-order valence-corrected chi connectivity index (χ4v) is 1.85. The van der Waals surface area contributed by atoms with Gasteiger partial charge in [-0.15, -0.1) is 0 Å². The van der Waals surface area contributed by atoms with Crippen molar-refractivity contribution in [2.75, 3.05) is 0 Å². The molecule has 1 aliphatic heterocycles. The van der Waals surface area contributed by atoms with Crippen molar-refractivity contribution >= 4 is 0 Å². The van der Waals surface area contributed by atoms with Gasteiger partial charge in [-0.3, -0.25) is 0 Å². The first-order valence-corrected chi connectivity index (χ1v) is 4.83. The van der Waals surface area contributed by atoms with Crippen LogP contribution >= 0.6 is 0 Å². The van der Waals surface area contributed by atoms with Crippen molar-refractivity contribution in [3.63, 3.8) is 0 Å². The number of hydrogen-bond donors (Lipinski definition) is 0. The number of rotatable bonds is 1. The van der Waals surface area contributed by atoms with Crippen LogP contribution in [0.15, 0.2) is 12.3 Å². The first kappa shape index (κ1) is 8.54. The fraction of sp³-hybridized carbons (Fsp3) is 0.545. The summed E-state index contributed by atoms with van der Waals surface area (Å²) in [4.78, 5) is 4.23. The lowest BCUT2D eigenvalue weighted by molar-refractivity contribution is 0.246. The summed E-state index contributed by atoms with van der Waals surface area (Å²) in [6.07, 6.45) is 3.14. The number of pyridine rings is 1. The van der Waals surface area contributed by atoms with Crippen molar-refractivity contribution < 1.29 is 4.74 Å². The van der Waals surface area contributed by atoms with Crippen LogP contribution in [-0.4, -0.2) is 11.1 Å². The Kier molecular flexibility index (Phi) is 1.98. The molecule has 0 aromatic carbocycles. The van der Waals surface area contributed by atoms with Crippen LogP contribution in [0.25, 0.3) is 0 Å². The Hall–Kier alpha value is -1.05. The predicted octanol–water partition coefficient (Wildman–Crippen LogP) is 2.53. The highest BCUT2D eigenvalue weighted by molar-refractivity contribution is 5.39. The molecule has 0 amide bonds. The molecule has 0 spiro atoms. The molecule has 13 heavy (non-hydrogen) atoms. The van der Waals surface area contributed by atoms with E-state index in [1.54, 1.807) is 0 Å². The zero-order chi connectivity index (χ0) is 9.42. The van der Waals surface area contributed by atoms with Crippen molar-refractivity contribution in [1.29, 1.82) is 0 Å². The van der Waals surface area contributed by atoms with E-state index in [0.29, 0.717) is 12.0 Å². The van der Waals surface area contributed by atoms with Crippen molar-refractivity contribution in [2.45, 2.75) is 39.2 Å². The van der Waals surface area contributed by atoms with E-state index in [2.05, 4.69) is 31.8 Å². The van der Waals surface area contributed by atoms with Gasteiger partial charge in [-0.05, 0) is 24.5 Å². The number of hydrogen-bond acceptors (Lipinski definition) is 2. The van der Waals surface area contributed by atoms with Gasteiger partial charge >= 0.3 is 0 Å². The van der Waals surface area contributed by atoms with Crippen molar-refractivity contribution in [1.82, 2.24) is 4.98 Å². The van der Waals surface area contributed by atoms with Crippen molar-refractivity contribution in [2.24, 2.45) is 0 Å². The van der Waals surface area contributed by atoms with Crippen LogP contribution in [0.1, 0.15) is 37.8 Å². The molecule has 2 heteroatoms. The van der Waals surface area contributed by atoms with Crippen LogP contribution in [-0.2, 0) is 6.42 Å². The second-order valence-corrected chi connectivity index (χ2v) is 3.97. The second-order valence-electron chi connectivity index (χ2n) is 3.97. The Bertz CT molecular complexity index is 320. The lowest BCUT2D eigenvalue weighted by atomic mass is 9.97. The third-order valence-corrected chi connectivity index (χ3v) is 2.48. The predicted molar refractivity (Wildman–Crippen MR) is 52.1 cm³/mol. The summed E-state index contributed by atoms with van der Waals surface area (Å²) in [7, 11) is 0. The molecule has 70 valence electrons. The molecule has 2 nitrogen and oxygen atoms in total. The molecular formula is C11H15NO. The van der Waals surface area contributed by atoms with E-state index in [1.807, 2.05) is 6.20 Å². The molecule has 0 bridgehead atoms. The third kappa shape index (κ3) is 1.41. The minimum absolute atomic E-state index is 0.294. The Balaban J connectivity index is 2.45. The van der Waals surface area contributed by atoms with E-state index in [-0.39, 0.29) is 0 Å². The van der Waals surface area contributed by atoms with E-state index in [9.17, 15) is 0 Å². The third-order valence-electron chi connectivity index (χ3n) is 2.48. The van der Waals surface area contributed by atoms with Crippen LogP contribution in [0.2, 0.25) is 0 Å². The van der Waals surface area contributed by atoms with Crippen LogP contribution in [0.3, 0.4) is 0 Å². The van der Waals surface area contributed by atoms with Crippen LogP contribution < -0.4 is 4.74 Å². The molecular weight excluding hydrogens is 162 g/mol. The monoisotopic (exact) mass is 177 g/mol. The Labute approximate surface area is 78.9 Å². The first-order chi connectivity index (χ1) is 6.18. The molecule has 0 fully saturated rings. The zero-order valence-corrected chi connectivity index (χ0v) is 8.37. The molecule has 1 aromatic heterocycles. The first-order valence-electron chi connectivity index (χ1n) is 4.83. The van der Waals surface area contributed by atoms with Gasteiger partial charge < -0.3 is 4.74 Å². The molecule has 2 rings (SSSR count). The molecule has 0 saturated carbocycles. The van der Waals surface area contributed by atoms with Gasteiger partial charge in [0.15, 0.2) is 0 Å². The zero-order valence-electron chi connectivity index (χ0n) is 8.37. The van der Waals surface area contributed by atoms with Crippen LogP contribution in [0.4, 0.5) is 0 Å². The highest BCUT2D eigenvalue weighted by atomic mass is 16.5. The molecule has 2 heterocycles. The second kappa shape index (κ2) is 3.02. The summed E-state index contributed by atoms with van der Waals surface area (Å²) >= 11 is 0. The van der Waals surface area contributed by atoms with Gasteiger partial charge in [0, 0.05) is 18.2 Å². The quantitative estimate of drug-likeness (QED) is 0.657. The van der Waals surface area contributed by atoms with Crippen LogP contribution in [0.5, 0.6) is 5.88 Å². The van der Waals surface area contributed by atoms with Gasteiger partial charge in [-0.2, -0.15) is 0 Å². The minimum atomic E-state index is 0.294. The number of fused-ring (bicyclic) bond motifs is 1. The van der Waals surface area contributed by atoms with Gasteiger partial charge in [-0.1, -0.05) is 13.8 Å². The highest BCUT2D eigenvalue weighted by Gasteiger charge is 2.23. The van der Waals surface area contributed by atoms with Crippen LogP contribution in [0, 0.1) is 0 Å². The number of nitrogens with zero attached hydrogens (tertiary/aromatic N) is 1. The van der Waals surface area contributed by atoms with E-state index in [4.69, 9.17) is 4.74 Å². The van der Waals surface area contributed by atoms with E-state index >= 15 is 0 Å². The summed E-state index contributed by atoms with van der Waals surface area (Å²) in [6.45, 7) is 6.50. The molecule has 0 saturated heterocycles. The normalized spacial score (nSPS) is 20.2. The summed E-state index contributed by atoms with van der Waals surface area (Å²) < 4.78 is 5.59. The molecule has 1 unspecified atom stereocenters. The van der Waals surface area contributed by atoms with E-state index in [0.717, 1.165) is 12.3 Å². The largest absolute Gasteiger partial charge is 0.474 e. The average molecular weight is 177 g/mol. The summed E-state index contributed by atoms with van der Waals surface area (Å²) in [6, 6.07) is 2.10. The summed E-state index contributed by atoms with van der Waals surface area (Å²) in [5, 5.41) is 0. The Morgan fingerprint density at radius 2 is 2.31 bits per heavy atom. The molecule has 1 atom stereocenters. The van der Waals surface area contributed by atoms with Gasteiger partial charge in [0.2, 0.25) is 5.88 Å². The Morgan fingerprint density at radius 1 is 1.54 bits per heavy atom. The van der Waals surface area contributed by atoms with Gasteiger partial charge in [0.1, 0.15) is 6.10 Å². The average Bonchev–Trinajstić information content (AvgIpc) is 2.43. The molecule has 1 aromatic rings. The number of ether oxygens (including phenoxy) is 1. The molecule has 0 radical (unpaired) electrons. The summed E-state index contributed by atoms with van der Waals surface area (Å²) in [5.74, 6) is 1.41. The number of aromatic nitrogens is 1. The standard InChI is InChI=1S/C11H15NO/c1-7(2)9-4-5-12-11-10(9)6-8(3)13-11/h4-5,7-8H,6H2,1-3H3. The SMILES string of the molecule is CC1Cc2c(C(C)C)ccnc2O1. The van der Waals surface area contributed by atoms with Crippen molar-refractivity contribution in [3.8, 4) is 5.88 Å². The van der Waals surface area contributed by atoms with E-state index < -0.39 is 0 Å². The van der Waals surface area contributed by atoms with Crippen molar-refractivity contribution in [3.05, 3.63) is 23.4 Å². The van der Waals surface area contributed by atoms with Gasteiger partial charge in [-0.25, -0.2) is 4.98 Å².